The molecule has 0 spiro atoms. The molecule has 0 saturated carbocycles. The van der Waals surface area contributed by atoms with Crippen molar-refractivity contribution in [3.8, 4) is 6.07 Å². The van der Waals surface area contributed by atoms with Crippen LogP contribution in [-0.2, 0) is 14.6 Å². The molecule has 0 aromatic heterocycles. The zero-order valence-electron chi connectivity index (χ0n) is 11.9. The maximum atomic E-state index is 12.1. The number of rotatable bonds is 8. The maximum absolute atomic E-state index is 12.1. The van der Waals surface area contributed by atoms with Gasteiger partial charge in [0.2, 0.25) is 0 Å². The Balaban J connectivity index is 2.54. The van der Waals surface area contributed by atoms with Gasteiger partial charge in [0.25, 0.3) is 0 Å². The second kappa shape index (κ2) is 8.00. The first-order valence-electron chi connectivity index (χ1n) is 6.49. The van der Waals surface area contributed by atoms with Crippen LogP contribution in [-0.4, -0.2) is 52.4 Å². The molecule has 1 aromatic carbocycles. The largest absolute Gasteiger partial charge is 0.380 e. The molecule has 0 amide bonds. The number of sulfone groups is 1. The van der Waals surface area contributed by atoms with Crippen molar-refractivity contribution in [3.05, 3.63) is 29.8 Å². The molecule has 0 unspecified atom stereocenters. The predicted molar refractivity (Wildman–Crippen MR) is 77.2 cm³/mol. The summed E-state index contributed by atoms with van der Waals surface area (Å²) in [4.78, 5) is 2.19. The zero-order valence-corrected chi connectivity index (χ0v) is 12.7. The molecule has 0 aliphatic rings. The molecule has 20 heavy (non-hydrogen) atoms. The van der Waals surface area contributed by atoms with Crippen molar-refractivity contribution in [3.63, 3.8) is 0 Å². The van der Waals surface area contributed by atoms with Crippen LogP contribution in [0.25, 0.3) is 0 Å². The van der Waals surface area contributed by atoms with Gasteiger partial charge < -0.3 is 9.64 Å². The molecule has 6 heteroatoms. The van der Waals surface area contributed by atoms with Gasteiger partial charge in [0.05, 0.1) is 28.9 Å². The molecule has 0 N–H and O–H groups in total. The fourth-order valence-corrected chi connectivity index (χ4v) is 2.95. The van der Waals surface area contributed by atoms with E-state index in [2.05, 4.69) is 0 Å². The summed E-state index contributed by atoms with van der Waals surface area (Å²) < 4.78 is 29.5. The SMILES string of the molecule is CCOCCN(C)CCS(=O)(=O)c1ccc(C#N)cc1. The average molecular weight is 296 g/mol. The first-order chi connectivity index (χ1) is 9.49. The molecule has 0 atom stereocenters. The summed E-state index contributed by atoms with van der Waals surface area (Å²) >= 11 is 0. The van der Waals surface area contributed by atoms with Crippen molar-refractivity contribution in [1.82, 2.24) is 4.90 Å². The van der Waals surface area contributed by atoms with Crippen LogP contribution in [0.3, 0.4) is 0 Å². The molecule has 1 aromatic rings. The maximum Gasteiger partial charge on any atom is 0.179 e. The van der Waals surface area contributed by atoms with Crippen molar-refractivity contribution in [2.75, 3.05) is 39.1 Å². The molecule has 0 aliphatic carbocycles. The molecular weight excluding hydrogens is 276 g/mol. The number of benzene rings is 1. The van der Waals surface area contributed by atoms with Gasteiger partial charge in [0, 0.05) is 19.7 Å². The summed E-state index contributed by atoms with van der Waals surface area (Å²) in [6.45, 7) is 4.35. The van der Waals surface area contributed by atoms with E-state index in [1.807, 2.05) is 24.9 Å². The minimum absolute atomic E-state index is 0.0571. The Hall–Kier alpha value is -1.42. The van der Waals surface area contributed by atoms with Crippen LogP contribution in [0.15, 0.2) is 29.2 Å². The van der Waals surface area contributed by atoms with Gasteiger partial charge in [-0.15, -0.1) is 0 Å². The smallest absolute Gasteiger partial charge is 0.179 e. The lowest BCUT2D eigenvalue weighted by Crippen LogP contribution is -2.29. The Bertz CT molecular complexity index is 547. The highest BCUT2D eigenvalue weighted by atomic mass is 32.2. The predicted octanol–water partition coefficient (Wildman–Crippen LogP) is 1.30. The summed E-state index contributed by atoms with van der Waals surface area (Å²) in [5.74, 6) is 0.0571. The van der Waals surface area contributed by atoms with Crippen molar-refractivity contribution in [2.45, 2.75) is 11.8 Å². The summed E-state index contributed by atoms with van der Waals surface area (Å²) in [5.41, 5.74) is 0.456. The van der Waals surface area contributed by atoms with E-state index in [-0.39, 0.29) is 10.6 Å². The normalized spacial score (nSPS) is 11.5. The molecular formula is C14H20N2O3S. The van der Waals surface area contributed by atoms with Gasteiger partial charge in [-0.05, 0) is 38.2 Å². The van der Waals surface area contributed by atoms with Crippen LogP contribution >= 0.6 is 0 Å². The van der Waals surface area contributed by atoms with Crippen LogP contribution in [0.2, 0.25) is 0 Å². The number of nitriles is 1. The Labute approximate surface area is 120 Å². The number of likely N-dealkylation sites (N-methyl/N-ethyl adjacent to an activating group) is 1. The monoisotopic (exact) mass is 296 g/mol. The Kier molecular flexibility index (Phi) is 6.65. The fraction of sp³-hybridized carbons (Fsp3) is 0.500. The molecule has 0 saturated heterocycles. The summed E-state index contributed by atoms with van der Waals surface area (Å²) in [6.07, 6.45) is 0. The number of ether oxygens (including phenoxy) is 1. The molecule has 5 nitrogen and oxygen atoms in total. The van der Waals surface area contributed by atoms with Crippen molar-refractivity contribution < 1.29 is 13.2 Å². The number of hydrogen-bond acceptors (Lipinski definition) is 5. The molecule has 0 fully saturated rings. The van der Waals surface area contributed by atoms with Gasteiger partial charge in [-0.2, -0.15) is 5.26 Å². The second-order valence-corrected chi connectivity index (χ2v) is 6.56. The molecule has 0 heterocycles. The van der Waals surface area contributed by atoms with Crippen LogP contribution in [0.5, 0.6) is 0 Å². The van der Waals surface area contributed by atoms with Gasteiger partial charge in [-0.25, -0.2) is 8.42 Å². The third-order valence-electron chi connectivity index (χ3n) is 2.91. The fourth-order valence-electron chi connectivity index (χ4n) is 1.61. The van der Waals surface area contributed by atoms with E-state index in [0.29, 0.717) is 31.9 Å². The van der Waals surface area contributed by atoms with E-state index in [9.17, 15) is 8.42 Å². The minimum atomic E-state index is -3.30. The van der Waals surface area contributed by atoms with E-state index < -0.39 is 9.84 Å². The Morgan fingerprint density at radius 3 is 2.45 bits per heavy atom. The van der Waals surface area contributed by atoms with Crippen LogP contribution in [0.1, 0.15) is 12.5 Å². The number of nitrogens with zero attached hydrogens (tertiary/aromatic N) is 2. The summed E-state index contributed by atoms with van der Waals surface area (Å²) in [7, 11) is -1.43. The average Bonchev–Trinajstić information content (AvgIpc) is 2.45. The molecule has 0 aliphatic heterocycles. The third kappa shape index (κ3) is 5.29. The van der Waals surface area contributed by atoms with Gasteiger partial charge >= 0.3 is 0 Å². The van der Waals surface area contributed by atoms with Crippen LogP contribution in [0.4, 0.5) is 0 Å². The van der Waals surface area contributed by atoms with Crippen molar-refractivity contribution >= 4 is 9.84 Å². The lowest BCUT2D eigenvalue weighted by atomic mass is 10.2. The summed E-state index contributed by atoms with van der Waals surface area (Å²) in [6, 6.07) is 7.97. The second-order valence-electron chi connectivity index (χ2n) is 4.46. The van der Waals surface area contributed by atoms with E-state index in [4.69, 9.17) is 10.00 Å². The molecule has 0 bridgehead atoms. The van der Waals surface area contributed by atoms with E-state index in [1.54, 1.807) is 0 Å². The van der Waals surface area contributed by atoms with Crippen LogP contribution in [0, 0.1) is 11.3 Å². The van der Waals surface area contributed by atoms with E-state index in [1.165, 1.54) is 24.3 Å². The highest BCUT2D eigenvalue weighted by Gasteiger charge is 2.15. The third-order valence-corrected chi connectivity index (χ3v) is 4.62. The van der Waals surface area contributed by atoms with Gasteiger partial charge in [-0.3, -0.25) is 0 Å². The molecule has 0 radical (unpaired) electrons. The van der Waals surface area contributed by atoms with Gasteiger partial charge in [-0.1, -0.05) is 0 Å². The van der Waals surface area contributed by atoms with Gasteiger partial charge in [0.15, 0.2) is 9.84 Å². The standard InChI is InChI=1S/C14H20N2O3S/c1-3-19-10-8-16(2)9-11-20(17,18)14-6-4-13(12-15)5-7-14/h4-7H,3,8-11H2,1-2H3. The lowest BCUT2D eigenvalue weighted by molar-refractivity contribution is 0.124. The quantitative estimate of drug-likeness (QED) is 0.676. The first-order valence-corrected chi connectivity index (χ1v) is 8.14. The van der Waals surface area contributed by atoms with E-state index in [0.717, 1.165) is 0 Å². The minimum Gasteiger partial charge on any atom is -0.380 e. The molecule has 110 valence electrons. The van der Waals surface area contributed by atoms with Crippen molar-refractivity contribution in [1.29, 1.82) is 5.26 Å². The van der Waals surface area contributed by atoms with Gasteiger partial charge in [0.1, 0.15) is 0 Å². The lowest BCUT2D eigenvalue weighted by Gasteiger charge is -2.16. The summed E-state index contributed by atoms with van der Waals surface area (Å²) in [5, 5.41) is 8.69. The first kappa shape index (κ1) is 16.6. The van der Waals surface area contributed by atoms with Crippen molar-refractivity contribution in [2.24, 2.45) is 0 Å². The Morgan fingerprint density at radius 1 is 1.25 bits per heavy atom. The Morgan fingerprint density at radius 2 is 1.90 bits per heavy atom. The number of hydrogen-bond donors (Lipinski definition) is 0. The highest BCUT2D eigenvalue weighted by Crippen LogP contribution is 2.12. The molecule has 1 rings (SSSR count). The zero-order chi connectivity index (χ0) is 15.0. The highest BCUT2D eigenvalue weighted by molar-refractivity contribution is 7.91. The topological polar surface area (TPSA) is 70.4 Å². The van der Waals surface area contributed by atoms with E-state index >= 15 is 0 Å². The van der Waals surface area contributed by atoms with Crippen LogP contribution < -0.4 is 0 Å².